The maximum absolute atomic E-state index is 12.9. The number of ether oxygens (including phenoxy) is 3. The third kappa shape index (κ3) is 66.9. The lowest BCUT2D eigenvalue weighted by molar-refractivity contribution is -0.166. The van der Waals surface area contributed by atoms with Crippen molar-refractivity contribution in [3.05, 3.63) is 109 Å². The number of carbonyl (C=O) groups excluding carboxylic acids is 3. The molecule has 0 aromatic heterocycles. The van der Waals surface area contributed by atoms with Crippen molar-refractivity contribution in [3.63, 3.8) is 0 Å². The lowest BCUT2D eigenvalue weighted by Crippen LogP contribution is -2.30. The van der Waals surface area contributed by atoms with Crippen LogP contribution in [0.1, 0.15) is 335 Å². The van der Waals surface area contributed by atoms with Gasteiger partial charge in [-0.25, -0.2) is 0 Å². The van der Waals surface area contributed by atoms with Crippen molar-refractivity contribution in [2.75, 3.05) is 13.2 Å². The molecule has 0 aliphatic heterocycles. The third-order valence-electron chi connectivity index (χ3n) is 15.0. The van der Waals surface area contributed by atoms with Crippen molar-refractivity contribution in [1.82, 2.24) is 0 Å². The second-order valence-corrected chi connectivity index (χ2v) is 23.0. The molecule has 470 valence electrons. The monoisotopic (exact) mass is 1140 g/mol. The Morgan fingerprint density at radius 2 is 0.500 bits per heavy atom. The summed E-state index contributed by atoms with van der Waals surface area (Å²) in [6, 6.07) is 0. The molecule has 82 heavy (non-hydrogen) atoms. The minimum Gasteiger partial charge on any atom is -0.462 e. The highest BCUT2D eigenvalue weighted by Gasteiger charge is 2.19. The van der Waals surface area contributed by atoms with Crippen molar-refractivity contribution in [2.24, 2.45) is 0 Å². The molecule has 1 atom stereocenters. The summed E-state index contributed by atoms with van der Waals surface area (Å²) in [4.78, 5) is 38.4. The number of allylic oxidation sites excluding steroid dienone is 18. The minimum absolute atomic E-state index is 0.101. The first kappa shape index (κ1) is 78.1. The van der Waals surface area contributed by atoms with E-state index in [1.54, 1.807) is 0 Å². The quantitative estimate of drug-likeness (QED) is 0.0261. The SMILES string of the molecule is CC/C=C\C/C=C\C/C=C\C/C=C\C/C=C\CCCCCCCCCCCC(=O)OC(COC(=O)CC/C=C\C/C=C\C/C=C\C/C=C\CC)COC(=O)CCCCCCCCCCCCCCCCCCCCCCCCCCCC. The summed E-state index contributed by atoms with van der Waals surface area (Å²) in [6.45, 7) is 6.38. The normalized spacial score (nSPS) is 12.8. The third-order valence-corrected chi connectivity index (χ3v) is 15.0. The highest BCUT2D eigenvalue weighted by molar-refractivity contribution is 5.71. The number of carbonyl (C=O) groups is 3. The lowest BCUT2D eigenvalue weighted by atomic mass is 10.0. The van der Waals surface area contributed by atoms with Crippen molar-refractivity contribution in [3.8, 4) is 0 Å². The predicted octanol–water partition coefficient (Wildman–Crippen LogP) is 24.2. The average molecular weight is 1140 g/mol. The van der Waals surface area contributed by atoms with E-state index in [2.05, 4.69) is 124 Å². The molecule has 0 radical (unpaired) electrons. The van der Waals surface area contributed by atoms with E-state index in [-0.39, 0.29) is 37.5 Å². The van der Waals surface area contributed by atoms with Crippen molar-refractivity contribution in [1.29, 1.82) is 0 Å². The summed E-state index contributed by atoms with van der Waals surface area (Å²) in [5.41, 5.74) is 0. The van der Waals surface area contributed by atoms with Crippen LogP contribution in [0.2, 0.25) is 0 Å². The van der Waals surface area contributed by atoms with Crippen LogP contribution in [0.15, 0.2) is 109 Å². The van der Waals surface area contributed by atoms with Crippen LogP contribution in [0, 0.1) is 0 Å². The van der Waals surface area contributed by atoms with Crippen molar-refractivity contribution < 1.29 is 28.6 Å². The molecule has 0 amide bonds. The van der Waals surface area contributed by atoms with E-state index in [9.17, 15) is 14.4 Å². The molecule has 6 nitrogen and oxygen atoms in total. The second-order valence-electron chi connectivity index (χ2n) is 23.0. The topological polar surface area (TPSA) is 78.9 Å². The zero-order chi connectivity index (χ0) is 59.2. The van der Waals surface area contributed by atoms with Gasteiger partial charge in [-0.2, -0.15) is 0 Å². The summed E-state index contributed by atoms with van der Waals surface area (Å²) in [7, 11) is 0. The Labute approximate surface area is 508 Å². The molecule has 0 spiro atoms. The Bertz CT molecular complexity index is 1640. The lowest BCUT2D eigenvalue weighted by Gasteiger charge is -2.18. The smallest absolute Gasteiger partial charge is 0.306 e. The second kappa shape index (κ2) is 69.6. The zero-order valence-electron chi connectivity index (χ0n) is 54.0. The maximum Gasteiger partial charge on any atom is 0.306 e. The van der Waals surface area contributed by atoms with Crippen LogP contribution in [0.3, 0.4) is 0 Å². The van der Waals surface area contributed by atoms with Crippen molar-refractivity contribution >= 4 is 17.9 Å². The van der Waals surface area contributed by atoms with E-state index in [0.29, 0.717) is 19.3 Å². The Balaban J connectivity index is 4.31. The standard InChI is InChI=1S/C76H130O6/c1-4-7-10-13-16-19-22-25-27-29-31-33-35-37-39-40-42-44-46-48-51-54-57-60-63-66-69-75(78)81-72-73(71-80-74(77)68-65-62-59-56-53-50-24-21-18-15-12-9-6-3)82-76(79)70-67-64-61-58-55-52-49-47-45-43-41-38-36-34-32-30-28-26-23-20-17-14-11-8-5-2/h8-9,11-12,17-18,20-21,26,28,32,34,38,41,50,53,59,62,73H,4-7,10,13-16,19,22-25,27,29-31,33,35-37,39-40,42-49,51-52,54-58,60-61,63-72H2,1-3H3/b11-8-,12-9-,20-17-,21-18-,28-26-,34-32-,41-38-,53-50-,62-59-. The molecule has 0 aromatic carbocycles. The Morgan fingerprint density at radius 3 is 0.817 bits per heavy atom. The fourth-order valence-corrected chi connectivity index (χ4v) is 9.90. The molecule has 0 rings (SSSR count). The first-order valence-corrected chi connectivity index (χ1v) is 34.9. The van der Waals surface area contributed by atoms with Gasteiger partial charge >= 0.3 is 17.9 Å². The predicted molar refractivity (Wildman–Crippen MR) is 357 cm³/mol. The summed E-state index contributed by atoms with van der Waals surface area (Å²) in [6.07, 6.45) is 95.7. The van der Waals surface area contributed by atoms with Crippen LogP contribution < -0.4 is 0 Å². The van der Waals surface area contributed by atoms with Gasteiger partial charge in [0.25, 0.3) is 0 Å². The van der Waals surface area contributed by atoms with E-state index in [0.717, 1.165) is 103 Å². The zero-order valence-corrected chi connectivity index (χ0v) is 54.0. The Morgan fingerprint density at radius 1 is 0.256 bits per heavy atom. The largest absolute Gasteiger partial charge is 0.462 e. The maximum atomic E-state index is 12.9. The fraction of sp³-hybridized carbons (Fsp3) is 0.724. The average Bonchev–Trinajstić information content (AvgIpc) is 3.47. The summed E-state index contributed by atoms with van der Waals surface area (Å²) in [5, 5.41) is 0. The molecule has 1 unspecified atom stereocenters. The molecule has 6 heteroatoms. The van der Waals surface area contributed by atoms with Crippen LogP contribution in [0.5, 0.6) is 0 Å². The highest BCUT2D eigenvalue weighted by Crippen LogP contribution is 2.18. The van der Waals surface area contributed by atoms with Gasteiger partial charge in [-0.15, -0.1) is 0 Å². The number of unbranched alkanes of at least 4 members (excludes halogenated alkanes) is 34. The number of hydrogen-bond acceptors (Lipinski definition) is 6. The number of rotatable bonds is 63. The van der Waals surface area contributed by atoms with Crippen LogP contribution in [-0.4, -0.2) is 37.2 Å². The summed E-state index contributed by atoms with van der Waals surface area (Å²) < 4.78 is 16.9. The Kier molecular flexibility index (Phi) is 66.2. The van der Waals surface area contributed by atoms with Gasteiger partial charge in [0.2, 0.25) is 0 Å². The molecular weight excluding hydrogens is 1010 g/mol. The molecule has 0 saturated heterocycles. The number of esters is 3. The molecule has 0 saturated carbocycles. The molecule has 0 aliphatic rings. The molecule has 0 aromatic rings. The van der Waals surface area contributed by atoms with Gasteiger partial charge in [0.05, 0.1) is 0 Å². The molecule has 0 bridgehead atoms. The van der Waals surface area contributed by atoms with Crippen LogP contribution in [-0.2, 0) is 28.6 Å². The van der Waals surface area contributed by atoms with E-state index in [1.165, 1.54) is 186 Å². The first-order chi connectivity index (χ1) is 40.5. The molecule has 0 heterocycles. The van der Waals surface area contributed by atoms with E-state index < -0.39 is 6.10 Å². The van der Waals surface area contributed by atoms with Gasteiger partial charge in [0, 0.05) is 19.3 Å². The molecule has 0 aliphatic carbocycles. The van der Waals surface area contributed by atoms with Gasteiger partial charge in [-0.1, -0.05) is 336 Å². The van der Waals surface area contributed by atoms with Gasteiger partial charge < -0.3 is 14.2 Å². The summed E-state index contributed by atoms with van der Waals surface area (Å²) in [5.74, 6) is -0.980. The van der Waals surface area contributed by atoms with Gasteiger partial charge in [0.1, 0.15) is 13.2 Å². The van der Waals surface area contributed by atoms with Gasteiger partial charge in [0.15, 0.2) is 6.10 Å². The number of hydrogen-bond donors (Lipinski definition) is 0. The van der Waals surface area contributed by atoms with Crippen LogP contribution in [0.25, 0.3) is 0 Å². The van der Waals surface area contributed by atoms with E-state index in [1.807, 2.05) is 6.08 Å². The van der Waals surface area contributed by atoms with E-state index in [4.69, 9.17) is 14.2 Å². The fourth-order valence-electron chi connectivity index (χ4n) is 9.90. The van der Waals surface area contributed by atoms with Gasteiger partial charge in [-0.05, 0) is 89.9 Å². The molecule has 0 fully saturated rings. The van der Waals surface area contributed by atoms with Gasteiger partial charge in [-0.3, -0.25) is 14.4 Å². The highest BCUT2D eigenvalue weighted by atomic mass is 16.6. The van der Waals surface area contributed by atoms with Crippen LogP contribution >= 0.6 is 0 Å². The van der Waals surface area contributed by atoms with E-state index >= 15 is 0 Å². The minimum atomic E-state index is -0.812. The summed E-state index contributed by atoms with van der Waals surface area (Å²) >= 11 is 0. The van der Waals surface area contributed by atoms with Crippen LogP contribution in [0.4, 0.5) is 0 Å². The van der Waals surface area contributed by atoms with Crippen molar-refractivity contribution in [2.45, 2.75) is 341 Å². The Hall–Kier alpha value is -3.93. The molecular formula is C76H130O6. The first-order valence-electron chi connectivity index (χ1n) is 34.9. The molecule has 0 N–H and O–H groups in total.